The predicted octanol–water partition coefficient (Wildman–Crippen LogP) is 7.27. The van der Waals surface area contributed by atoms with Gasteiger partial charge in [-0.1, -0.05) is 71.8 Å². The summed E-state index contributed by atoms with van der Waals surface area (Å²) in [4.78, 5) is 0. The third-order valence-corrected chi connectivity index (χ3v) is 6.84. The number of ether oxygens (including phenoxy) is 1. The Morgan fingerprint density at radius 3 is 1.50 bits per heavy atom. The zero-order valence-electron chi connectivity index (χ0n) is 20.9. The second-order valence-electron chi connectivity index (χ2n) is 9.36. The Hall–Kier alpha value is -3.36. The molecule has 0 aromatic heterocycles. The maximum absolute atomic E-state index is 10.1. The molecule has 4 rings (SSSR count). The second kappa shape index (κ2) is 10.3. The molecule has 34 heavy (non-hydrogen) atoms. The normalized spacial score (nSPS) is 11.0. The molecule has 0 atom stereocenters. The van der Waals surface area contributed by atoms with Crippen LogP contribution in [-0.2, 0) is 19.4 Å². The van der Waals surface area contributed by atoms with Gasteiger partial charge in [0, 0.05) is 0 Å². The second-order valence-corrected chi connectivity index (χ2v) is 9.36. The third kappa shape index (κ3) is 5.24. The molecule has 0 unspecified atom stereocenters. The Bertz CT molecular complexity index is 1180. The molecule has 0 aliphatic heterocycles. The Balaban J connectivity index is 1.77. The van der Waals surface area contributed by atoms with Gasteiger partial charge in [0.2, 0.25) is 0 Å². The summed E-state index contributed by atoms with van der Waals surface area (Å²) in [7, 11) is 1.74. The van der Waals surface area contributed by atoms with E-state index in [-0.39, 0.29) is 6.61 Å². The van der Waals surface area contributed by atoms with Crippen molar-refractivity contribution in [1.82, 2.24) is 0 Å². The van der Waals surface area contributed by atoms with Gasteiger partial charge in [-0.2, -0.15) is 0 Å². The fourth-order valence-corrected chi connectivity index (χ4v) is 4.51. The van der Waals surface area contributed by atoms with Gasteiger partial charge in [-0.25, -0.2) is 0 Å². The van der Waals surface area contributed by atoms with Crippen molar-refractivity contribution in [3.8, 4) is 16.9 Å². The number of hydrogen-bond donors (Lipinski definition) is 1. The molecule has 1 N–H and O–H groups in total. The Morgan fingerprint density at radius 1 is 0.588 bits per heavy atom. The van der Waals surface area contributed by atoms with Crippen molar-refractivity contribution in [2.75, 3.05) is 7.11 Å². The number of aliphatic hydroxyl groups is 1. The molecule has 4 aromatic rings. The van der Waals surface area contributed by atoms with Gasteiger partial charge in [0.05, 0.1) is 13.7 Å². The molecular weight excluding hydrogens is 416 g/mol. The number of methoxy groups -OCH3 is 1. The summed E-state index contributed by atoms with van der Waals surface area (Å²) in [6.07, 6.45) is 1.69. The number of aryl methyl sites for hydroxylation is 2. The van der Waals surface area contributed by atoms with Crippen molar-refractivity contribution >= 4 is 0 Å². The fourth-order valence-electron chi connectivity index (χ4n) is 4.51. The highest BCUT2D eigenvalue weighted by molar-refractivity contribution is 5.70. The average Bonchev–Trinajstić information content (AvgIpc) is 2.84. The number of aliphatic hydroxyl groups excluding tert-OH is 1. The van der Waals surface area contributed by atoms with Crippen LogP contribution in [0.3, 0.4) is 0 Å². The van der Waals surface area contributed by atoms with E-state index in [1.54, 1.807) is 7.11 Å². The van der Waals surface area contributed by atoms with E-state index in [2.05, 4.69) is 100 Å². The lowest BCUT2D eigenvalue weighted by molar-refractivity contribution is 0.281. The van der Waals surface area contributed by atoms with Gasteiger partial charge < -0.3 is 9.84 Å². The molecule has 0 bridgehead atoms. The lowest BCUT2D eigenvalue weighted by Gasteiger charge is -2.17. The molecule has 0 radical (unpaired) electrons. The highest BCUT2D eigenvalue weighted by Crippen LogP contribution is 2.34. The molecule has 0 aliphatic carbocycles. The van der Waals surface area contributed by atoms with Crippen LogP contribution in [0, 0.1) is 27.7 Å². The van der Waals surface area contributed by atoms with Crippen molar-refractivity contribution in [3.63, 3.8) is 0 Å². The monoisotopic (exact) mass is 450 g/mol. The first-order valence-corrected chi connectivity index (χ1v) is 11.9. The minimum Gasteiger partial charge on any atom is -0.496 e. The van der Waals surface area contributed by atoms with E-state index >= 15 is 0 Å². The van der Waals surface area contributed by atoms with Crippen LogP contribution in [0.2, 0.25) is 0 Å². The van der Waals surface area contributed by atoms with Crippen LogP contribution in [-0.4, -0.2) is 12.2 Å². The van der Waals surface area contributed by atoms with Crippen LogP contribution in [0.5, 0.6) is 5.75 Å². The molecule has 4 aromatic carbocycles. The van der Waals surface area contributed by atoms with E-state index in [9.17, 15) is 5.11 Å². The van der Waals surface area contributed by atoms with Crippen LogP contribution in [0.25, 0.3) is 11.1 Å². The van der Waals surface area contributed by atoms with Crippen molar-refractivity contribution in [2.24, 2.45) is 0 Å². The smallest absolute Gasteiger partial charge is 0.122 e. The summed E-state index contributed by atoms with van der Waals surface area (Å²) in [5.74, 6) is 0.894. The Labute approximate surface area is 203 Å². The van der Waals surface area contributed by atoms with Crippen molar-refractivity contribution in [3.05, 3.63) is 123 Å². The minimum absolute atomic E-state index is 0.0276. The van der Waals surface area contributed by atoms with Gasteiger partial charge in [-0.05, 0) is 103 Å². The summed E-state index contributed by atoms with van der Waals surface area (Å²) < 4.78 is 5.77. The first-order chi connectivity index (χ1) is 16.4. The molecule has 0 aliphatic rings. The van der Waals surface area contributed by atoms with E-state index in [1.807, 2.05) is 0 Å². The SMILES string of the molecule is COc1cc(-c2cc(CO)c(C)c(Cc3ccc(C)cc3)c2)cc(Cc2ccc(C)cc2)c1C. The van der Waals surface area contributed by atoms with Gasteiger partial charge >= 0.3 is 0 Å². The largest absolute Gasteiger partial charge is 0.496 e. The maximum Gasteiger partial charge on any atom is 0.122 e. The van der Waals surface area contributed by atoms with E-state index in [0.717, 1.165) is 40.8 Å². The van der Waals surface area contributed by atoms with Crippen molar-refractivity contribution in [2.45, 2.75) is 47.1 Å². The predicted molar refractivity (Wildman–Crippen MR) is 142 cm³/mol. The number of benzene rings is 4. The van der Waals surface area contributed by atoms with Gasteiger partial charge in [0.25, 0.3) is 0 Å². The highest BCUT2D eigenvalue weighted by Gasteiger charge is 2.14. The quantitative estimate of drug-likeness (QED) is 0.321. The van der Waals surface area contributed by atoms with E-state index in [1.165, 1.54) is 38.9 Å². The summed E-state index contributed by atoms with van der Waals surface area (Å²) in [6, 6.07) is 26.2. The lowest BCUT2D eigenvalue weighted by atomic mass is 9.89. The molecule has 0 saturated heterocycles. The van der Waals surface area contributed by atoms with E-state index in [0.29, 0.717) is 0 Å². The number of hydrogen-bond acceptors (Lipinski definition) is 2. The van der Waals surface area contributed by atoms with Crippen molar-refractivity contribution < 1.29 is 9.84 Å². The number of rotatable bonds is 7. The molecule has 2 nitrogen and oxygen atoms in total. The molecule has 0 heterocycles. The van der Waals surface area contributed by atoms with Crippen molar-refractivity contribution in [1.29, 1.82) is 0 Å². The molecule has 174 valence electrons. The molecule has 0 saturated carbocycles. The van der Waals surface area contributed by atoms with Crippen LogP contribution in [0.4, 0.5) is 0 Å². The Kier molecular flexibility index (Phi) is 7.19. The van der Waals surface area contributed by atoms with E-state index in [4.69, 9.17) is 4.74 Å². The summed E-state index contributed by atoms with van der Waals surface area (Å²) in [5, 5.41) is 10.1. The maximum atomic E-state index is 10.1. The molecular formula is C32H34O2. The fraction of sp³-hybridized carbons (Fsp3) is 0.250. The molecule has 2 heteroatoms. The zero-order chi connectivity index (χ0) is 24.2. The van der Waals surface area contributed by atoms with Crippen LogP contribution in [0.15, 0.2) is 72.8 Å². The summed E-state index contributed by atoms with van der Waals surface area (Å²) >= 11 is 0. The molecule has 0 spiro atoms. The lowest BCUT2D eigenvalue weighted by Crippen LogP contribution is -2.01. The minimum atomic E-state index is 0.0276. The first kappa shape index (κ1) is 23.8. The topological polar surface area (TPSA) is 29.5 Å². The third-order valence-electron chi connectivity index (χ3n) is 6.84. The first-order valence-electron chi connectivity index (χ1n) is 11.9. The highest BCUT2D eigenvalue weighted by atomic mass is 16.5. The van der Waals surface area contributed by atoms with Gasteiger partial charge in [0.1, 0.15) is 5.75 Å². The van der Waals surface area contributed by atoms with Gasteiger partial charge in [-0.3, -0.25) is 0 Å². The standard InChI is InChI=1S/C32H34O2/c1-21-6-10-25(11-7-21)14-27-16-29(18-31(20-33)23(27)3)30-17-28(24(4)32(19-30)34-5)15-26-12-8-22(2)9-13-26/h6-13,16-19,33H,14-15,20H2,1-5H3. The zero-order valence-corrected chi connectivity index (χ0v) is 20.9. The molecule has 0 fully saturated rings. The van der Waals surface area contributed by atoms with E-state index < -0.39 is 0 Å². The van der Waals surface area contributed by atoms with Crippen LogP contribution < -0.4 is 4.74 Å². The van der Waals surface area contributed by atoms with Crippen LogP contribution in [0.1, 0.15) is 50.1 Å². The van der Waals surface area contributed by atoms with Gasteiger partial charge in [-0.15, -0.1) is 0 Å². The van der Waals surface area contributed by atoms with Crippen LogP contribution >= 0.6 is 0 Å². The average molecular weight is 451 g/mol. The summed E-state index contributed by atoms with van der Waals surface area (Å²) in [5.41, 5.74) is 13.1. The van der Waals surface area contributed by atoms with Gasteiger partial charge in [0.15, 0.2) is 0 Å². The summed E-state index contributed by atoms with van der Waals surface area (Å²) in [6.45, 7) is 8.49. The Morgan fingerprint density at radius 2 is 1.03 bits per heavy atom. The molecule has 0 amide bonds.